The number of aromatic carboxylic acids is 1. The summed E-state index contributed by atoms with van der Waals surface area (Å²) < 4.78 is 0. The SMILES string of the molecule is CC1(C)Cc2ccc(C(=O)O)cc2C1O. The minimum atomic E-state index is -0.949. The second-order valence-corrected chi connectivity index (χ2v) is 4.79. The van der Waals surface area contributed by atoms with E-state index in [2.05, 4.69) is 0 Å². The van der Waals surface area contributed by atoms with Crippen molar-refractivity contribution < 1.29 is 15.0 Å². The van der Waals surface area contributed by atoms with Gasteiger partial charge in [-0.05, 0) is 35.1 Å². The number of fused-ring (bicyclic) bond motifs is 1. The molecule has 0 aromatic heterocycles. The molecule has 0 fully saturated rings. The molecule has 1 atom stereocenters. The zero-order valence-electron chi connectivity index (χ0n) is 8.82. The van der Waals surface area contributed by atoms with Crippen LogP contribution in [0, 0.1) is 5.41 Å². The van der Waals surface area contributed by atoms with Gasteiger partial charge in [0, 0.05) is 0 Å². The molecule has 1 aromatic rings. The summed E-state index contributed by atoms with van der Waals surface area (Å²) in [6.45, 7) is 3.97. The van der Waals surface area contributed by atoms with Crippen molar-refractivity contribution in [1.82, 2.24) is 0 Å². The number of hydrogen-bond acceptors (Lipinski definition) is 2. The minimum Gasteiger partial charge on any atom is -0.478 e. The number of benzene rings is 1. The van der Waals surface area contributed by atoms with Gasteiger partial charge >= 0.3 is 5.97 Å². The lowest BCUT2D eigenvalue weighted by atomic mass is 9.87. The minimum absolute atomic E-state index is 0.195. The first kappa shape index (κ1) is 10.2. The van der Waals surface area contributed by atoms with E-state index in [9.17, 15) is 9.90 Å². The van der Waals surface area contributed by atoms with Crippen LogP contribution in [0.4, 0.5) is 0 Å². The van der Waals surface area contributed by atoms with Gasteiger partial charge in [0.05, 0.1) is 11.7 Å². The molecule has 80 valence electrons. The zero-order chi connectivity index (χ0) is 11.2. The van der Waals surface area contributed by atoms with E-state index < -0.39 is 12.1 Å². The van der Waals surface area contributed by atoms with Gasteiger partial charge in [-0.25, -0.2) is 4.79 Å². The van der Waals surface area contributed by atoms with E-state index in [-0.39, 0.29) is 11.0 Å². The third-order valence-electron chi connectivity index (χ3n) is 3.07. The third kappa shape index (κ3) is 1.53. The van der Waals surface area contributed by atoms with E-state index in [4.69, 9.17) is 5.11 Å². The molecule has 1 unspecified atom stereocenters. The maximum atomic E-state index is 10.8. The summed E-state index contributed by atoms with van der Waals surface area (Å²) in [4.78, 5) is 10.8. The first-order valence-corrected chi connectivity index (χ1v) is 4.96. The quantitative estimate of drug-likeness (QED) is 0.738. The summed E-state index contributed by atoms with van der Waals surface area (Å²) >= 11 is 0. The molecule has 3 nitrogen and oxygen atoms in total. The highest BCUT2D eigenvalue weighted by Crippen LogP contribution is 2.45. The predicted molar refractivity (Wildman–Crippen MR) is 55.8 cm³/mol. The van der Waals surface area contributed by atoms with Crippen molar-refractivity contribution in [2.75, 3.05) is 0 Å². The van der Waals surface area contributed by atoms with Crippen molar-refractivity contribution in [2.45, 2.75) is 26.4 Å². The fraction of sp³-hybridized carbons (Fsp3) is 0.417. The summed E-state index contributed by atoms with van der Waals surface area (Å²) in [6.07, 6.45) is 0.232. The lowest BCUT2D eigenvalue weighted by Gasteiger charge is -2.22. The van der Waals surface area contributed by atoms with Gasteiger partial charge in [-0.2, -0.15) is 0 Å². The second kappa shape index (κ2) is 3.07. The number of carbonyl (C=O) groups is 1. The molecule has 0 aliphatic heterocycles. The van der Waals surface area contributed by atoms with E-state index in [0.717, 1.165) is 17.5 Å². The molecule has 0 heterocycles. The summed E-state index contributed by atoms with van der Waals surface area (Å²) in [5, 5.41) is 18.9. The van der Waals surface area contributed by atoms with Crippen molar-refractivity contribution in [3.8, 4) is 0 Å². The number of hydrogen-bond donors (Lipinski definition) is 2. The van der Waals surface area contributed by atoms with Crippen LogP contribution in [0.2, 0.25) is 0 Å². The van der Waals surface area contributed by atoms with Crippen LogP contribution in [0.3, 0.4) is 0 Å². The lowest BCUT2D eigenvalue weighted by molar-refractivity contribution is 0.0658. The molecular weight excluding hydrogens is 192 g/mol. The molecule has 3 heteroatoms. The van der Waals surface area contributed by atoms with Crippen LogP contribution in [0.25, 0.3) is 0 Å². The summed E-state index contributed by atoms with van der Waals surface area (Å²) in [7, 11) is 0. The Hall–Kier alpha value is -1.35. The topological polar surface area (TPSA) is 57.5 Å². The number of carboxylic acid groups (broad SMARTS) is 1. The van der Waals surface area contributed by atoms with E-state index >= 15 is 0 Å². The van der Waals surface area contributed by atoms with Crippen LogP contribution in [-0.4, -0.2) is 16.2 Å². The first-order valence-electron chi connectivity index (χ1n) is 4.96. The number of aliphatic hydroxyl groups excluding tert-OH is 1. The van der Waals surface area contributed by atoms with Crippen LogP contribution in [-0.2, 0) is 6.42 Å². The molecule has 0 saturated carbocycles. The fourth-order valence-electron chi connectivity index (χ4n) is 2.15. The van der Waals surface area contributed by atoms with Crippen molar-refractivity contribution in [2.24, 2.45) is 5.41 Å². The molecule has 0 radical (unpaired) electrons. The van der Waals surface area contributed by atoms with Gasteiger partial charge in [-0.3, -0.25) is 0 Å². The van der Waals surface area contributed by atoms with Crippen LogP contribution in [0.5, 0.6) is 0 Å². The average molecular weight is 206 g/mol. The van der Waals surface area contributed by atoms with Gasteiger partial charge < -0.3 is 10.2 Å². The van der Waals surface area contributed by atoms with Gasteiger partial charge in [0.1, 0.15) is 0 Å². The highest BCUT2D eigenvalue weighted by Gasteiger charge is 2.37. The Kier molecular flexibility index (Phi) is 2.08. The Morgan fingerprint density at radius 3 is 2.73 bits per heavy atom. The van der Waals surface area contributed by atoms with Gasteiger partial charge in [-0.1, -0.05) is 19.9 Å². The smallest absolute Gasteiger partial charge is 0.335 e. The molecular formula is C12H14O3. The van der Waals surface area contributed by atoms with Gasteiger partial charge in [0.15, 0.2) is 0 Å². The number of rotatable bonds is 1. The van der Waals surface area contributed by atoms with Crippen LogP contribution < -0.4 is 0 Å². The van der Waals surface area contributed by atoms with Crippen molar-refractivity contribution in [3.05, 3.63) is 34.9 Å². The summed E-state index contributed by atoms with van der Waals surface area (Å²) in [5.74, 6) is -0.949. The lowest BCUT2D eigenvalue weighted by Crippen LogP contribution is -2.16. The van der Waals surface area contributed by atoms with E-state index in [1.165, 1.54) is 0 Å². The van der Waals surface area contributed by atoms with E-state index in [0.29, 0.717) is 0 Å². The van der Waals surface area contributed by atoms with E-state index in [1.807, 2.05) is 13.8 Å². The van der Waals surface area contributed by atoms with Gasteiger partial charge in [0.2, 0.25) is 0 Å². The normalized spacial score (nSPS) is 22.5. The third-order valence-corrected chi connectivity index (χ3v) is 3.07. The highest BCUT2D eigenvalue weighted by atomic mass is 16.4. The molecule has 1 aliphatic rings. The van der Waals surface area contributed by atoms with Gasteiger partial charge in [0.25, 0.3) is 0 Å². The molecule has 0 amide bonds. The largest absolute Gasteiger partial charge is 0.478 e. The monoisotopic (exact) mass is 206 g/mol. The summed E-state index contributed by atoms with van der Waals surface area (Å²) in [5.41, 5.74) is 1.86. The Morgan fingerprint density at radius 1 is 1.47 bits per heavy atom. The fourth-order valence-corrected chi connectivity index (χ4v) is 2.15. The zero-order valence-corrected chi connectivity index (χ0v) is 8.82. The van der Waals surface area contributed by atoms with Crippen LogP contribution >= 0.6 is 0 Å². The first-order chi connectivity index (χ1) is 6.92. The number of aliphatic hydroxyl groups is 1. The Morgan fingerprint density at radius 2 is 2.13 bits per heavy atom. The molecule has 2 rings (SSSR count). The molecule has 15 heavy (non-hydrogen) atoms. The Bertz CT molecular complexity index is 421. The van der Waals surface area contributed by atoms with E-state index in [1.54, 1.807) is 18.2 Å². The summed E-state index contributed by atoms with van der Waals surface area (Å²) in [6, 6.07) is 4.98. The Balaban J connectivity index is 2.49. The maximum Gasteiger partial charge on any atom is 0.335 e. The molecule has 1 aliphatic carbocycles. The van der Waals surface area contributed by atoms with Crippen LogP contribution in [0.1, 0.15) is 41.4 Å². The van der Waals surface area contributed by atoms with Crippen LogP contribution in [0.15, 0.2) is 18.2 Å². The molecule has 0 bridgehead atoms. The average Bonchev–Trinajstić information content (AvgIpc) is 2.37. The molecule has 1 aromatic carbocycles. The van der Waals surface area contributed by atoms with Gasteiger partial charge in [-0.15, -0.1) is 0 Å². The van der Waals surface area contributed by atoms with Crippen molar-refractivity contribution >= 4 is 5.97 Å². The molecule has 0 spiro atoms. The molecule has 2 N–H and O–H groups in total. The standard InChI is InChI=1S/C12H14O3/c1-12(2)6-8-4-3-7(11(14)15)5-9(8)10(12)13/h3-5,10,13H,6H2,1-2H3,(H,14,15). The molecule has 0 saturated heterocycles. The maximum absolute atomic E-state index is 10.8. The predicted octanol–water partition coefficient (Wildman–Crippen LogP) is 2.00. The second-order valence-electron chi connectivity index (χ2n) is 4.79. The van der Waals surface area contributed by atoms with Crippen molar-refractivity contribution in [3.63, 3.8) is 0 Å². The number of carboxylic acids is 1. The highest BCUT2D eigenvalue weighted by molar-refractivity contribution is 5.88. The Labute approximate surface area is 88.4 Å². The van der Waals surface area contributed by atoms with Crippen molar-refractivity contribution in [1.29, 1.82) is 0 Å².